The van der Waals surface area contributed by atoms with Crippen molar-refractivity contribution < 1.29 is 19.0 Å². The molecule has 19 heavy (non-hydrogen) atoms. The maximum Gasteiger partial charge on any atom is 0.365 e. The summed E-state index contributed by atoms with van der Waals surface area (Å²) >= 11 is 3.25. The van der Waals surface area contributed by atoms with Crippen LogP contribution in [-0.4, -0.2) is 68.9 Å². The van der Waals surface area contributed by atoms with Crippen LogP contribution in [0.2, 0.25) is 0 Å². The Labute approximate surface area is 118 Å². The zero-order chi connectivity index (χ0) is 14.5. The van der Waals surface area contributed by atoms with Crippen molar-refractivity contribution in [3.8, 4) is 0 Å². The summed E-state index contributed by atoms with van der Waals surface area (Å²) in [5.41, 5.74) is 0. The van der Waals surface area contributed by atoms with Gasteiger partial charge < -0.3 is 0 Å². The van der Waals surface area contributed by atoms with Crippen molar-refractivity contribution in [2.45, 2.75) is 25.9 Å². The highest BCUT2D eigenvalue weighted by atomic mass is 79.9. The quantitative estimate of drug-likeness (QED) is 0.530. The molecule has 0 bridgehead atoms. The molecule has 1 fully saturated rings. The van der Waals surface area contributed by atoms with Crippen LogP contribution in [0, 0.1) is 0 Å². The molecule has 2 unspecified atom stereocenters. The van der Waals surface area contributed by atoms with E-state index in [0.717, 1.165) is 4.90 Å². The third-order valence-electron chi connectivity index (χ3n) is 3.43. The number of nitrogens with zero attached hydrogens (tertiary/aromatic N) is 4. The summed E-state index contributed by atoms with van der Waals surface area (Å²) in [6.45, 7) is 3.15. The summed E-state index contributed by atoms with van der Waals surface area (Å²) in [5, 5.41) is 0. The van der Waals surface area contributed by atoms with Gasteiger partial charge in [0, 0.05) is 14.1 Å². The molecule has 2 aliphatic heterocycles. The van der Waals surface area contributed by atoms with Gasteiger partial charge in [-0.15, -0.1) is 0 Å². The van der Waals surface area contributed by atoms with Crippen LogP contribution in [0.5, 0.6) is 0 Å². The second-order valence-electron chi connectivity index (χ2n) is 4.57. The SMILES string of the molecule is CC(=O)C(C)[N+]1=C(Br)N=C2C1C(=O)N(C)C(=O)N2C. The Bertz CT molecular complexity index is 554. The smallest absolute Gasteiger partial charge is 0.295 e. The molecule has 0 aromatic rings. The molecule has 0 aromatic heterocycles. The van der Waals surface area contributed by atoms with Gasteiger partial charge >= 0.3 is 10.8 Å². The lowest BCUT2D eigenvalue weighted by Gasteiger charge is -2.31. The van der Waals surface area contributed by atoms with E-state index in [0.29, 0.717) is 10.6 Å². The second kappa shape index (κ2) is 4.52. The predicted octanol–water partition coefficient (Wildman–Crippen LogP) is 0.0318. The maximum absolute atomic E-state index is 12.3. The fraction of sp³-hybridized carbons (Fsp3) is 0.545. The van der Waals surface area contributed by atoms with Crippen LogP contribution in [0.25, 0.3) is 0 Å². The van der Waals surface area contributed by atoms with Gasteiger partial charge in [-0.1, -0.05) is 0 Å². The fourth-order valence-corrected chi connectivity index (χ4v) is 2.81. The fourth-order valence-electron chi connectivity index (χ4n) is 2.11. The van der Waals surface area contributed by atoms with Gasteiger partial charge in [0.2, 0.25) is 0 Å². The molecule has 2 atom stereocenters. The summed E-state index contributed by atoms with van der Waals surface area (Å²) in [6, 6.07) is -1.67. The first-order valence-electron chi connectivity index (χ1n) is 5.72. The zero-order valence-corrected chi connectivity index (χ0v) is 12.6. The molecule has 102 valence electrons. The van der Waals surface area contributed by atoms with Gasteiger partial charge in [-0.25, -0.2) is 9.37 Å². The first-order chi connectivity index (χ1) is 8.77. The first kappa shape index (κ1) is 13.9. The van der Waals surface area contributed by atoms with E-state index < -0.39 is 18.1 Å². The average molecular weight is 330 g/mol. The van der Waals surface area contributed by atoms with E-state index in [4.69, 9.17) is 0 Å². The summed E-state index contributed by atoms with van der Waals surface area (Å²) < 4.78 is 1.97. The predicted molar refractivity (Wildman–Crippen MR) is 71.5 cm³/mol. The summed E-state index contributed by atoms with van der Waals surface area (Å²) in [7, 11) is 2.97. The van der Waals surface area contributed by atoms with Gasteiger partial charge in [-0.3, -0.25) is 19.4 Å². The minimum atomic E-state index is -0.735. The average Bonchev–Trinajstić information content (AvgIpc) is 2.70. The number of amides is 3. The van der Waals surface area contributed by atoms with E-state index in [-0.39, 0.29) is 11.7 Å². The summed E-state index contributed by atoms with van der Waals surface area (Å²) in [5.74, 6) is -0.124. The molecule has 2 aliphatic rings. The van der Waals surface area contributed by atoms with Crippen LogP contribution in [0.4, 0.5) is 4.79 Å². The number of urea groups is 1. The number of halogens is 1. The molecule has 0 aromatic carbocycles. The number of aliphatic imine (C=N–C) groups is 1. The molecular weight excluding hydrogens is 316 g/mol. The van der Waals surface area contributed by atoms with E-state index in [1.165, 1.54) is 18.9 Å². The number of likely N-dealkylation sites (N-methyl/N-ethyl adjacent to an activating group) is 2. The molecule has 0 radical (unpaired) electrons. The van der Waals surface area contributed by atoms with Gasteiger partial charge in [0.05, 0.1) is 15.9 Å². The van der Waals surface area contributed by atoms with E-state index >= 15 is 0 Å². The number of hydrogen-bond acceptors (Lipinski definition) is 4. The Kier molecular flexibility index (Phi) is 3.29. The lowest BCUT2D eigenvalue weighted by Crippen LogP contribution is -2.62. The minimum absolute atomic E-state index is 0.0802. The van der Waals surface area contributed by atoms with Crippen molar-refractivity contribution in [3.05, 3.63) is 0 Å². The number of hydrogen-bond donors (Lipinski definition) is 0. The van der Waals surface area contributed by atoms with E-state index in [2.05, 4.69) is 20.9 Å². The Morgan fingerprint density at radius 2 is 1.95 bits per heavy atom. The van der Waals surface area contributed by atoms with Crippen molar-refractivity contribution in [1.29, 1.82) is 0 Å². The van der Waals surface area contributed by atoms with Crippen molar-refractivity contribution in [1.82, 2.24) is 9.80 Å². The van der Waals surface area contributed by atoms with Crippen molar-refractivity contribution in [2.75, 3.05) is 14.1 Å². The highest BCUT2D eigenvalue weighted by Crippen LogP contribution is 2.22. The lowest BCUT2D eigenvalue weighted by molar-refractivity contribution is -0.552. The van der Waals surface area contributed by atoms with Gasteiger partial charge in [0.1, 0.15) is 0 Å². The van der Waals surface area contributed by atoms with Gasteiger partial charge in [-0.05, 0) is 18.8 Å². The third kappa shape index (κ3) is 1.90. The van der Waals surface area contributed by atoms with Gasteiger partial charge in [0.25, 0.3) is 17.8 Å². The Morgan fingerprint density at radius 3 is 2.47 bits per heavy atom. The van der Waals surface area contributed by atoms with Crippen LogP contribution in [0.1, 0.15) is 13.8 Å². The molecular formula is C11H14BrN4O3+. The van der Waals surface area contributed by atoms with Crippen molar-refractivity contribution >= 4 is 44.2 Å². The highest BCUT2D eigenvalue weighted by Gasteiger charge is 2.54. The molecule has 0 N–H and O–H groups in total. The number of rotatable bonds is 2. The largest absolute Gasteiger partial charge is 0.365 e. The molecule has 7 nitrogen and oxygen atoms in total. The molecule has 8 heteroatoms. The van der Waals surface area contributed by atoms with Gasteiger partial charge in [0.15, 0.2) is 11.8 Å². The van der Waals surface area contributed by atoms with Crippen LogP contribution in [0.3, 0.4) is 0 Å². The Balaban J connectivity index is 2.49. The Morgan fingerprint density at radius 1 is 1.37 bits per heavy atom. The van der Waals surface area contributed by atoms with Gasteiger partial charge in [-0.2, -0.15) is 0 Å². The topological polar surface area (TPSA) is 73.1 Å². The normalized spacial score (nSPS) is 24.7. The van der Waals surface area contributed by atoms with E-state index in [1.54, 1.807) is 18.5 Å². The molecule has 0 saturated carbocycles. The maximum atomic E-state index is 12.3. The number of fused-ring (bicyclic) bond motifs is 1. The number of carbonyl (C=O) groups excluding carboxylic acids is 3. The second-order valence-corrected chi connectivity index (χ2v) is 5.28. The molecule has 3 amide bonds. The molecule has 0 spiro atoms. The lowest BCUT2D eigenvalue weighted by atomic mass is 10.1. The number of amidine groups is 2. The highest BCUT2D eigenvalue weighted by molar-refractivity contribution is 9.18. The molecule has 2 rings (SSSR count). The molecule has 0 aliphatic carbocycles. The number of carbonyl (C=O) groups is 3. The van der Waals surface area contributed by atoms with Crippen LogP contribution < -0.4 is 0 Å². The van der Waals surface area contributed by atoms with Crippen LogP contribution in [0.15, 0.2) is 4.99 Å². The Hall–Kier alpha value is -1.57. The van der Waals surface area contributed by atoms with Crippen molar-refractivity contribution in [2.24, 2.45) is 4.99 Å². The number of imide groups is 1. The molecule has 1 saturated heterocycles. The first-order valence-corrected chi connectivity index (χ1v) is 6.51. The third-order valence-corrected chi connectivity index (χ3v) is 4.02. The van der Waals surface area contributed by atoms with Crippen molar-refractivity contribution in [3.63, 3.8) is 0 Å². The van der Waals surface area contributed by atoms with E-state index in [9.17, 15) is 14.4 Å². The summed E-state index contributed by atoms with van der Waals surface area (Å²) in [6.07, 6.45) is 0. The van der Waals surface area contributed by atoms with E-state index in [1.807, 2.05) is 0 Å². The standard InChI is InChI=1S/C11H14BrN4O3/c1-5(6(2)17)16-7-8(13-10(16)12)14(3)11(19)15(4)9(7)18/h5,7H,1-4H3/q+1. The number of ketones is 1. The van der Waals surface area contributed by atoms with Crippen LogP contribution >= 0.6 is 15.9 Å². The zero-order valence-electron chi connectivity index (χ0n) is 11.0. The number of Topliss-reactive ketones (excluding diaryl/α,β-unsaturated/α-hetero) is 1. The monoisotopic (exact) mass is 329 g/mol. The molecule has 2 heterocycles. The van der Waals surface area contributed by atoms with Crippen LogP contribution in [-0.2, 0) is 9.59 Å². The minimum Gasteiger partial charge on any atom is -0.295 e. The summed E-state index contributed by atoms with van der Waals surface area (Å²) in [4.78, 5) is 42.2.